The average molecular weight is 263 g/mol. The van der Waals surface area contributed by atoms with Crippen LogP contribution in [0.3, 0.4) is 0 Å². The zero-order valence-electron chi connectivity index (χ0n) is 12.3. The monoisotopic (exact) mass is 263 g/mol. The van der Waals surface area contributed by atoms with Crippen molar-refractivity contribution in [2.45, 2.75) is 33.2 Å². The molecule has 1 aliphatic heterocycles. The lowest BCUT2D eigenvalue weighted by atomic mass is 10.1. The van der Waals surface area contributed by atoms with E-state index < -0.39 is 0 Å². The van der Waals surface area contributed by atoms with Crippen LogP contribution in [0.4, 0.5) is 5.82 Å². The van der Waals surface area contributed by atoms with Crippen molar-refractivity contribution in [1.82, 2.24) is 9.88 Å². The molecule has 4 nitrogen and oxygen atoms in total. The molecular weight excluding hydrogens is 238 g/mol. The van der Waals surface area contributed by atoms with Crippen LogP contribution in [0.15, 0.2) is 12.1 Å². The van der Waals surface area contributed by atoms with Crippen molar-refractivity contribution in [2.24, 2.45) is 0 Å². The van der Waals surface area contributed by atoms with E-state index in [4.69, 9.17) is 5.11 Å². The Morgan fingerprint density at radius 1 is 1.21 bits per heavy atom. The average Bonchev–Trinajstić information content (AvgIpc) is 2.41. The normalized spacial score (nSPS) is 17.2. The number of hydrogen-bond acceptors (Lipinski definition) is 4. The van der Waals surface area contributed by atoms with E-state index in [2.05, 4.69) is 40.8 Å². The maximum atomic E-state index is 9.00. The molecule has 2 heterocycles. The first-order valence-electron chi connectivity index (χ1n) is 7.18. The van der Waals surface area contributed by atoms with Crippen molar-refractivity contribution in [3.8, 4) is 0 Å². The van der Waals surface area contributed by atoms with Gasteiger partial charge in [-0.15, -0.1) is 0 Å². The predicted octanol–water partition coefficient (Wildman–Crippen LogP) is 1.46. The van der Waals surface area contributed by atoms with Crippen LogP contribution >= 0.6 is 0 Å². The van der Waals surface area contributed by atoms with Gasteiger partial charge in [0.15, 0.2) is 0 Å². The van der Waals surface area contributed by atoms with Crippen LogP contribution in [0.2, 0.25) is 0 Å². The lowest BCUT2D eigenvalue weighted by molar-refractivity contribution is 0.209. The smallest absolute Gasteiger partial charge is 0.128 e. The second-order valence-corrected chi connectivity index (χ2v) is 5.50. The third kappa shape index (κ3) is 3.45. The van der Waals surface area contributed by atoms with Crippen LogP contribution in [0.25, 0.3) is 0 Å². The molecule has 0 unspecified atom stereocenters. The van der Waals surface area contributed by atoms with Crippen LogP contribution in [0.1, 0.15) is 25.1 Å². The van der Waals surface area contributed by atoms with E-state index >= 15 is 0 Å². The summed E-state index contributed by atoms with van der Waals surface area (Å²) in [6.45, 7) is 11.0. The number of aliphatic hydroxyl groups excluding tert-OH is 1. The Morgan fingerprint density at radius 3 is 2.42 bits per heavy atom. The molecule has 19 heavy (non-hydrogen) atoms. The van der Waals surface area contributed by atoms with Gasteiger partial charge in [-0.05, 0) is 38.8 Å². The van der Waals surface area contributed by atoms with E-state index in [9.17, 15) is 0 Å². The molecule has 1 aromatic heterocycles. The summed E-state index contributed by atoms with van der Waals surface area (Å²) in [5.41, 5.74) is 2.19. The molecule has 1 saturated heterocycles. The van der Waals surface area contributed by atoms with Gasteiger partial charge < -0.3 is 10.0 Å². The largest absolute Gasteiger partial charge is 0.396 e. The summed E-state index contributed by atoms with van der Waals surface area (Å²) in [5.74, 6) is 1.07. The standard InChI is InChI=1S/C15H25N3O/c1-12(2)17-7-9-18(10-8-17)15-5-4-14(6-11-19)13(3)16-15/h4-5,12,19H,6-11H2,1-3H3. The number of aryl methyl sites for hydroxylation is 1. The molecule has 1 N–H and O–H groups in total. The van der Waals surface area contributed by atoms with Crippen molar-refractivity contribution in [3.05, 3.63) is 23.4 Å². The Hall–Kier alpha value is -1.13. The van der Waals surface area contributed by atoms with Crippen LogP contribution < -0.4 is 4.90 Å². The van der Waals surface area contributed by atoms with Gasteiger partial charge in [0.25, 0.3) is 0 Å². The van der Waals surface area contributed by atoms with E-state index in [1.165, 1.54) is 0 Å². The molecule has 1 aliphatic rings. The summed E-state index contributed by atoms with van der Waals surface area (Å²) in [7, 11) is 0. The predicted molar refractivity (Wildman–Crippen MR) is 78.7 cm³/mol. The molecule has 4 heteroatoms. The van der Waals surface area contributed by atoms with Gasteiger partial charge in [-0.1, -0.05) is 6.07 Å². The minimum absolute atomic E-state index is 0.189. The highest BCUT2D eigenvalue weighted by Gasteiger charge is 2.19. The molecule has 2 rings (SSSR count). The minimum atomic E-state index is 0.189. The molecule has 0 radical (unpaired) electrons. The zero-order chi connectivity index (χ0) is 13.8. The van der Waals surface area contributed by atoms with Gasteiger partial charge in [0, 0.05) is 44.5 Å². The molecule has 0 aromatic carbocycles. The van der Waals surface area contributed by atoms with Crippen LogP contribution in [-0.2, 0) is 6.42 Å². The summed E-state index contributed by atoms with van der Waals surface area (Å²) in [4.78, 5) is 9.54. The topological polar surface area (TPSA) is 39.6 Å². The van der Waals surface area contributed by atoms with Gasteiger partial charge in [0.1, 0.15) is 5.82 Å². The second-order valence-electron chi connectivity index (χ2n) is 5.50. The van der Waals surface area contributed by atoms with Crippen LogP contribution in [0, 0.1) is 6.92 Å². The lowest BCUT2D eigenvalue weighted by Crippen LogP contribution is -2.49. The van der Waals surface area contributed by atoms with E-state index in [-0.39, 0.29) is 6.61 Å². The fourth-order valence-electron chi connectivity index (χ4n) is 2.60. The van der Waals surface area contributed by atoms with E-state index in [0.29, 0.717) is 12.5 Å². The number of nitrogens with zero attached hydrogens (tertiary/aromatic N) is 3. The number of pyridine rings is 1. The van der Waals surface area contributed by atoms with Crippen molar-refractivity contribution < 1.29 is 5.11 Å². The minimum Gasteiger partial charge on any atom is -0.396 e. The van der Waals surface area contributed by atoms with Crippen molar-refractivity contribution in [3.63, 3.8) is 0 Å². The first-order chi connectivity index (χ1) is 9.11. The number of hydrogen-bond donors (Lipinski definition) is 1. The highest BCUT2D eigenvalue weighted by Crippen LogP contribution is 2.17. The molecule has 0 saturated carbocycles. The van der Waals surface area contributed by atoms with E-state index in [0.717, 1.165) is 43.3 Å². The Labute approximate surface area is 116 Å². The van der Waals surface area contributed by atoms with E-state index in [1.807, 2.05) is 6.92 Å². The molecule has 1 aromatic rings. The fourth-order valence-corrected chi connectivity index (χ4v) is 2.60. The van der Waals surface area contributed by atoms with Crippen LogP contribution in [-0.4, -0.2) is 53.8 Å². The van der Waals surface area contributed by atoms with Gasteiger partial charge in [-0.3, -0.25) is 4.90 Å². The molecule has 1 fully saturated rings. The quantitative estimate of drug-likeness (QED) is 0.892. The summed E-state index contributed by atoms with van der Waals surface area (Å²) in [5, 5.41) is 9.00. The molecule has 0 aliphatic carbocycles. The zero-order valence-corrected chi connectivity index (χ0v) is 12.3. The number of anilines is 1. The molecular formula is C15H25N3O. The van der Waals surface area contributed by atoms with Gasteiger partial charge >= 0.3 is 0 Å². The van der Waals surface area contributed by atoms with E-state index in [1.54, 1.807) is 0 Å². The lowest BCUT2D eigenvalue weighted by Gasteiger charge is -2.37. The number of rotatable bonds is 4. The summed E-state index contributed by atoms with van der Waals surface area (Å²) in [6.07, 6.45) is 0.695. The molecule has 106 valence electrons. The van der Waals surface area contributed by atoms with Gasteiger partial charge in [-0.2, -0.15) is 0 Å². The van der Waals surface area contributed by atoms with Gasteiger partial charge in [0.2, 0.25) is 0 Å². The number of piperazine rings is 1. The first kappa shape index (κ1) is 14.3. The molecule has 0 amide bonds. The summed E-state index contributed by atoms with van der Waals surface area (Å²) < 4.78 is 0. The van der Waals surface area contributed by atoms with Crippen LogP contribution in [0.5, 0.6) is 0 Å². The van der Waals surface area contributed by atoms with Gasteiger partial charge in [0.05, 0.1) is 0 Å². The maximum Gasteiger partial charge on any atom is 0.128 e. The third-order valence-corrected chi connectivity index (χ3v) is 3.93. The first-order valence-corrected chi connectivity index (χ1v) is 7.18. The Balaban J connectivity index is 2.01. The summed E-state index contributed by atoms with van der Waals surface area (Å²) >= 11 is 0. The van der Waals surface area contributed by atoms with Crippen molar-refractivity contribution >= 4 is 5.82 Å². The Morgan fingerprint density at radius 2 is 1.89 bits per heavy atom. The summed E-state index contributed by atoms with van der Waals surface area (Å²) in [6, 6.07) is 4.81. The molecule has 0 atom stereocenters. The number of aromatic nitrogens is 1. The molecule has 0 bridgehead atoms. The fraction of sp³-hybridized carbons (Fsp3) is 0.667. The van der Waals surface area contributed by atoms with Crippen molar-refractivity contribution in [1.29, 1.82) is 0 Å². The molecule has 0 spiro atoms. The van der Waals surface area contributed by atoms with Crippen molar-refractivity contribution in [2.75, 3.05) is 37.7 Å². The Kier molecular flexibility index (Phi) is 4.77. The Bertz CT molecular complexity index is 412. The maximum absolute atomic E-state index is 9.00. The highest BCUT2D eigenvalue weighted by atomic mass is 16.2. The van der Waals surface area contributed by atoms with Gasteiger partial charge in [-0.25, -0.2) is 4.98 Å². The second kappa shape index (κ2) is 6.35. The SMILES string of the molecule is Cc1nc(N2CCN(C(C)C)CC2)ccc1CCO. The third-order valence-electron chi connectivity index (χ3n) is 3.93. The number of aliphatic hydroxyl groups is 1. The highest BCUT2D eigenvalue weighted by molar-refractivity contribution is 5.42.